The Bertz CT molecular complexity index is 762. The van der Waals surface area contributed by atoms with Gasteiger partial charge in [-0.25, -0.2) is 0 Å². The summed E-state index contributed by atoms with van der Waals surface area (Å²) < 4.78 is 36.2. The Labute approximate surface area is 176 Å². The monoisotopic (exact) mass is 425 g/mol. The van der Waals surface area contributed by atoms with Crippen molar-refractivity contribution in [3.8, 4) is 6.01 Å². The van der Waals surface area contributed by atoms with Gasteiger partial charge in [0, 0.05) is 28.2 Å². The third-order valence-corrected chi connectivity index (χ3v) is 5.06. The lowest BCUT2D eigenvalue weighted by Crippen LogP contribution is -2.46. The van der Waals surface area contributed by atoms with E-state index in [4.69, 9.17) is 28.4 Å². The van der Waals surface area contributed by atoms with Crippen LogP contribution in [-0.4, -0.2) is 92.0 Å². The molecule has 11 heteroatoms. The van der Waals surface area contributed by atoms with E-state index in [0.717, 1.165) is 0 Å². The third-order valence-electron chi connectivity index (χ3n) is 5.06. The van der Waals surface area contributed by atoms with Crippen molar-refractivity contribution in [3.63, 3.8) is 0 Å². The predicted molar refractivity (Wildman–Crippen MR) is 106 cm³/mol. The van der Waals surface area contributed by atoms with Gasteiger partial charge in [0.1, 0.15) is 12.2 Å². The molecule has 3 saturated heterocycles. The van der Waals surface area contributed by atoms with Crippen LogP contribution in [0.25, 0.3) is 0 Å². The molecule has 0 amide bonds. The Balaban J connectivity index is 1.63. The Morgan fingerprint density at radius 2 is 1.47 bits per heavy atom. The van der Waals surface area contributed by atoms with Gasteiger partial charge in [-0.15, -0.1) is 0 Å². The van der Waals surface area contributed by atoms with Crippen LogP contribution in [0.2, 0.25) is 0 Å². The number of anilines is 2. The predicted octanol–water partition coefficient (Wildman–Crippen LogP) is 0.779. The van der Waals surface area contributed by atoms with Crippen LogP contribution in [0.3, 0.4) is 0 Å². The largest absolute Gasteiger partial charge is 0.454 e. The quantitative estimate of drug-likeness (QED) is 0.669. The maximum absolute atomic E-state index is 6.28. The van der Waals surface area contributed by atoms with Gasteiger partial charge in [0.25, 0.3) is 0 Å². The van der Waals surface area contributed by atoms with Crippen molar-refractivity contribution in [3.05, 3.63) is 0 Å². The van der Waals surface area contributed by atoms with Gasteiger partial charge in [-0.05, 0) is 27.7 Å². The molecule has 0 aliphatic carbocycles. The molecule has 3 fully saturated rings. The highest BCUT2D eigenvalue weighted by Crippen LogP contribution is 2.42. The van der Waals surface area contributed by atoms with E-state index >= 15 is 0 Å². The molecule has 5 atom stereocenters. The molecule has 0 radical (unpaired) electrons. The Hall–Kier alpha value is -1.79. The molecule has 4 rings (SSSR count). The van der Waals surface area contributed by atoms with Crippen LogP contribution >= 0.6 is 0 Å². The zero-order valence-corrected chi connectivity index (χ0v) is 18.8. The molecule has 0 spiro atoms. The molecule has 3 aliphatic heterocycles. The van der Waals surface area contributed by atoms with E-state index in [0.29, 0.717) is 18.5 Å². The SMILES string of the molecule is CN(C)c1nc(OC2C(C3COC(C)(C)O3)OC3OC(C)(C)OC32)nc(N(C)C)n1. The zero-order chi connectivity index (χ0) is 21.8. The molecule has 1 aromatic rings. The second-order valence-corrected chi connectivity index (χ2v) is 9.03. The number of fused-ring (bicyclic) bond motifs is 1. The lowest BCUT2D eigenvalue weighted by molar-refractivity contribution is -0.230. The highest BCUT2D eigenvalue weighted by molar-refractivity contribution is 5.38. The van der Waals surface area contributed by atoms with Crippen molar-refractivity contribution >= 4 is 11.9 Å². The molecule has 0 saturated carbocycles. The van der Waals surface area contributed by atoms with Crippen LogP contribution in [0, 0.1) is 0 Å². The van der Waals surface area contributed by atoms with Crippen LogP contribution in [0.15, 0.2) is 0 Å². The van der Waals surface area contributed by atoms with Crippen LogP contribution in [0.4, 0.5) is 11.9 Å². The molecule has 0 bridgehead atoms. The summed E-state index contributed by atoms with van der Waals surface area (Å²) in [6.07, 6.45) is -2.40. The molecule has 168 valence electrons. The Morgan fingerprint density at radius 3 is 2.00 bits per heavy atom. The number of aromatic nitrogens is 3. The van der Waals surface area contributed by atoms with Gasteiger partial charge < -0.3 is 38.2 Å². The number of rotatable bonds is 5. The first kappa shape index (κ1) is 21.4. The topological polar surface area (TPSA) is 101 Å². The summed E-state index contributed by atoms with van der Waals surface area (Å²) in [5, 5.41) is 0. The molecule has 5 unspecified atom stereocenters. The fourth-order valence-electron chi connectivity index (χ4n) is 3.72. The molecular weight excluding hydrogens is 394 g/mol. The second kappa shape index (κ2) is 7.41. The summed E-state index contributed by atoms with van der Waals surface area (Å²) in [5.41, 5.74) is 0. The number of hydrogen-bond acceptors (Lipinski definition) is 11. The van der Waals surface area contributed by atoms with Gasteiger partial charge >= 0.3 is 6.01 Å². The van der Waals surface area contributed by atoms with Crippen molar-refractivity contribution in [2.24, 2.45) is 0 Å². The molecule has 0 N–H and O–H groups in total. The first-order chi connectivity index (χ1) is 13.9. The Morgan fingerprint density at radius 1 is 0.833 bits per heavy atom. The summed E-state index contributed by atoms with van der Waals surface area (Å²) in [4.78, 5) is 16.9. The van der Waals surface area contributed by atoms with E-state index in [1.54, 1.807) is 9.80 Å². The lowest BCUT2D eigenvalue weighted by Gasteiger charge is -2.29. The number of nitrogens with zero attached hydrogens (tertiary/aromatic N) is 5. The molecule has 30 heavy (non-hydrogen) atoms. The van der Waals surface area contributed by atoms with Crippen molar-refractivity contribution in [1.29, 1.82) is 0 Å². The third kappa shape index (κ3) is 4.17. The van der Waals surface area contributed by atoms with Crippen molar-refractivity contribution < 1.29 is 28.4 Å². The zero-order valence-electron chi connectivity index (χ0n) is 18.8. The van der Waals surface area contributed by atoms with Gasteiger partial charge in [0.05, 0.1) is 6.61 Å². The minimum atomic E-state index is -0.781. The van der Waals surface area contributed by atoms with E-state index in [2.05, 4.69) is 15.0 Å². The molecule has 4 heterocycles. The maximum Gasteiger partial charge on any atom is 0.323 e. The maximum atomic E-state index is 6.28. The molecule has 0 aromatic carbocycles. The summed E-state index contributed by atoms with van der Waals surface area (Å²) in [5.74, 6) is -0.500. The van der Waals surface area contributed by atoms with E-state index in [9.17, 15) is 0 Å². The van der Waals surface area contributed by atoms with Gasteiger partial charge in [0.2, 0.25) is 11.9 Å². The fourth-order valence-corrected chi connectivity index (χ4v) is 3.72. The van der Waals surface area contributed by atoms with Crippen LogP contribution in [0.5, 0.6) is 6.01 Å². The minimum Gasteiger partial charge on any atom is -0.454 e. The summed E-state index contributed by atoms with van der Waals surface area (Å²) in [6.45, 7) is 7.80. The van der Waals surface area contributed by atoms with Gasteiger partial charge in [-0.2, -0.15) is 15.0 Å². The highest BCUT2D eigenvalue weighted by atomic mass is 16.8. The van der Waals surface area contributed by atoms with Crippen LogP contribution < -0.4 is 14.5 Å². The van der Waals surface area contributed by atoms with Crippen molar-refractivity contribution in [1.82, 2.24) is 15.0 Å². The van der Waals surface area contributed by atoms with Gasteiger partial charge in [-0.1, -0.05) is 0 Å². The summed E-state index contributed by atoms with van der Waals surface area (Å²) in [7, 11) is 7.44. The number of hydrogen-bond donors (Lipinski definition) is 0. The second-order valence-electron chi connectivity index (χ2n) is 9.03. The fraction of sp³-hybridized carbons (Fsp3) is 0.842. The minimum absolute atomic E-state index is 0.183. The Kier molecular flexibility index (Phi) is 5.30. The van der Waals surface area contributed by atoms with E-state index < -0.39 is 36.2 Å². The summed E-state index contributed by atoms with van der Waals surface area (Å²) in [6, 6.07) is 0.183. The number of ether oxygens (including phenoxy) is 6. The van der Waals surface area contributed by atoms with Crippen molar-refractivity contribution in [2.45, 2.75) is 70.0 Å². The molecule has 1 aromatic heterocycles. The lowest BCUT2D eigenvalue weighted by atomic mass is 10.1. The first-order valence-electron chi connectivity index (χ1n) is 10.0. The van der Waals surface area contributed by atoms with Gasteiger partial charge in [-0.3, -0.25) is 0 Å². The van der Waals surface area contributed by atoms with Crippen LogP contribution in [-0.2, 0) is 23.7 Å². The first-order valence-corrected chi connectivity index (χ1v) is 10.0. The molecule has 3 aliphatic rings. The van der Waals surface area contributed by atoms with E-state index in [1.807, 2.05) is 55.9 Å². The smallest absolute Gasteiger partial charge is 0.323 e. The molecule has 11 nitrogen and oxygen atoms in total. The average Bonchev–Trinajstić information content (AvgIpc) is 3.24. The summed E-state index contributed by atoms with van der Waals surface area (Å²) >= 11 is 0. The molecular formula is C19H31N5O6. The average molecular weight is 425 g/mol. The normalized spacial score (nSPS) is 34.1. The standard InChI is InChI=1S/C19H31N5O6/c1-18(2)25-9-10(28-18)11-12(13-14(26-11)30-19(3,4)29-13)27-17-21-15(23(5)6)20-16(22-17)24(7)8/h10-14H,9H2,1-8H3. The van der Waals surface area contributed by atoms with Crippen LogP contribution in [0.1, 0.15) is 27.7 Å². The highest BCUT2D eigenvalue weighted by Gasteiger charge is 2.59. The van der Waals surface area contributed by atoms with Crippen molar-refractivity contribution in [2.75, 3.05) is 44.6 Å². The van der Waals surface area contributed by atoms with Gasteiger partial charge in [0.15, 0.2) is 30.1 Å². The van der Waals surface area contributed by atoms with E-state index in [1.165, 1.54) is 0 Å². The van der Waals surface area contributed by atoms with E-state index in [-0.39, 0.29) is 12.1 Å².